The van der Waals surface area contributed by atoms with Crippen molar-refractivity contribution in [2.24, 2.45) is 0 Å². The summed E-state index contributed by atoms with van der Waals surface area (Å²) < 4.78 is 0. The van der Waals surface area contributed by atoms with E-state index in [4.69, 9.17) is 11.6 Å². The third kappa shape index (κ3) is 3.47. The van der Waals surface area contributed by atoms with E-state index in [1.54, 1.807) is 0 Å². The van der Waals surface area contributed by atoms with Gasteiger partial charge in [0.1, 0.15) is 5.75 Å². The van der Waals surface area contributed by atoms with Crippen LogP contribution in [0.2, 0.25) is 0 Å². The molecule has 0 saturated heterocycles. The summed E-state index contributed by atoms with van der Waals surface area (Å²) in [4.78, 5) is 11.0. The molecule has 0 aliphatic rings. The second-order valence-electron chi connectivity index (χ2n) is 4.96. The van der Waals surface area contributed by atoms with Gasteiger partial charge in [0.15, 0.2) is 0 Å². The lowest BCUT2D eigenvalue weighted by Crippen LogP contribution is -2.01. The lowest BCUT2D eigenvalue weighted by atomic mass is 9.91. The van der Waals surface area contributed by atoms with Crippen LogP contribution in [-0.4, -0.2) is 10.3 Å². The van der Waals surface area contributed by atoms with Gasteiger partial charge in [-0.05, 0) is 40.1 Å². The van der Waals surface area contributed by atoms with E-state index in [0.29, 0.717) is 5.75 Å². The van der Waals surface area contributed by atoms with Crippen molar-refractivity contribution in [3.05, 3.63) is 28.8 Å². The number of benzene rings is 1. The van der Waals surface area contributed by atoms with Crippen LogP contribution >= 0.6 is 11.6 Å². The molecule has 0 atom stereocenters. The molecule has 1 N–H and O–H groups in total. The Hall–Kier alpha value is -1.02. The Bertz CT molecular complexity index is 393. The molecule has 0 aliphatic carbocycles. The van der Waals surface area contributed by atoms with E-state index in [1.165, 1.54) is 0 Å². The van der Waals surface area contributed by atoms with Crippen LogP contribution in [0.4, 0.5) is 0 Å². The van der Waals surface area contributed by atoms with Gasteiger partial charge in [0.2, 0.25) is 5.24 Å². The van der Waals surface area contributed by atoms with Gasteiger partial charge in [-0.2, -0.15) is 0 Å². The van der Waals surface area contributed by atoms with E-state index in [1.807, 2.05) is 39.8 Å². The molecule has 94 valence electrons. The van der Waals surface area contributed by atoms with Crippen molar-refractivity contribution in [3.8, 4) is 5.75 Å². The van der Waals surface area contributed by atoms with Crippen molar-refractivity contribution >= 4 is 16.8 Å². The van der Waals surface area contributed by atoms with Crippen molar-refractivity contribution in [1.29, 1.82) is 0 Å². The standard InChI is InChI=1S/C14H19ClO2/c1-8(2)11-5-10(7-13(15)16)6-12(9(3)4)14(11)17/h5-6,8-9,17H,7H2,1-4H3. The van der Waals surface area contributed by atoms with Gasteiger partial charge in [0, 0.05) is 6.42 Å². The van der Waals surface area contributed by atoms with Crippen LogP contribution in [0, 0.1) is 0 Å². The maximum atomic E-state index is 11.0. The third-order valence-corrected chi connectivity index (χ3v) is 2.95. The van der Waals surface area contributed by atoms with Gasteiger partial charge in [-0.15, -0.1) is 0 Å². The summed E-state index contributed by atoms with van der Waals surface area (Å²) in [6, 6.07) is 3.73. The van der Waals surface area contributed by atoms with Crippen LogP contribution in [-0.2, 0) is 11.2 Å². The first-order valence-electron chi connectivity index (χ1n) is 5.87. The van der Waals surface area contributed by atoms with Gasteiger partial charge in [-0.25, -0.2) is 0 Å². The van der Waals surface area contributed by atoms with Crippen LogP contribution in [0.25, 0.3) is 0 Å². The number of hydrogen-bond donors (Lipinski definition) is 1. The van der Waals surface area contributed by atoms with Crippen molar-refractivity contribution in [2.45, 2.75) is 46.0 Å². The Kier molecular flexibility index (Phi) is 4.58. The molecule has 1 rings (SSSR count). The predicted octanol–water partition coefficient (Wildman–Crippen LogP) is 3.95. The van der Waals surface area contributed by atoms with Crippen LogP contribution < -0.4 is 0 Å². The summed E-state index contributed by atoms with van der Waals surface area (Å²) in [6.45, 7) is 8.08. The van der Waals surface area contributed by atoms with Gasteiger partial charge < -0.3 is 5.11 Å². The molecular weight excluding hydrogens is 236 g/mol. The zero-order valence-electron chi connectivity index (χ0n) is 10.7. The van der Waals surface area contributed by atoms with E-state index < -0.39 is 0 Å². The van der Waals surface area contributed by atoms with Crippen molar-refractivity contribution < 1.29 is 9.90 Å². The van der Waals surface area contributed by atoms with Gasteiger partial charge in [0.25, 0.3) is 0 Å². The van der Waals surface area contributed by atoms with E-state index in [-0.39, 0.29) is 23.5 Å². The second kappa shape index (κ2) is 5.54. The van der Waals surface area contributed by atoms with Gasteiger partial charge >= 0.3 is 0 Å². The molecule has 0 radical (unpaired) electrons. The molecule has 0 unspecified atom stereocenters. The van der Waals surface area contributed by atoms with Crippen molar-refractivity contribution in [1.82, 2.24) is 0 Å². The minimum absolute atomic E-state index is 0.210. The lowest BCUT2D eigenvalue weighted by Gasteiger charge is -2.17. The summed E-state index contributed by atoms with van der Waals surface area (Å²) in [6.07, 6.45) is 0.210. The summed E-state index contributed by atoms with van der Waals surface area (Å²) >= 11 is 5.41. The van der Waals surface area contributed by atoms with E-state index in [2.05, 4.69) is 0 Å². The SMILES string of the molecule is CC(C)c1cc(CC(=O)Cl)cc(C(C)C)c1O. The number of halogens is 1. The Morgan fingerprint density at radius 1 is 1.18 bits per heavy atom. The van der Waals surface area contributed by atoms with E-state index in [0.717, 1.165) is 16.7 Å². The number of carbonyl (C=O) groups is 1. The monoisotopic (exact) mass is 254 g/mol. The second-order valence-corrected chi connectivity index (χ2v) is 5.39. The Balaban J connectivity index is 3.31. The van der Waals surface area contributed by atoms with Gasteiger partial charge in [-0.1, -0.05) is 39.8 Å². The molecule has 0 aromatic heterocycles. The summed E-state index contributed by atoms with van der Waals surface area (Å²) in [5, 5.41) is 9.80. The number of rotatable bonds is 4. The van der Waals surface area contributed by atoms with Crippen LogP contribution in [0.5, 0.6) is 5.75 Å². The average Bonchev–Trinajstić information content (AvgIpc) is 2.18. The molecule has 0 bridgehead atoms. The number of phenolic OH excluding ortho intramolecular Hbond substituents is 1. The fourth-order valence-electron chi connectivity index (χ4n) is 1.89. The average molecular weight is 255 g/mol. The van der Waals surface area contributed by atoms with E-state index in [9.17, 15) is 9.90 Å². The largest absolute Gasteiger partial charge is 0.507 e. The fourth-order valence-corrected chi connectivity index (χ4v) is 2.04. The number of phenols is 1. The molecule has 0 aliphatic heterocycles. The minimum atomic E-state index is -0.375. The first kappa shape index (κ1) is 14.0. The molecule has 3 heteroatoms. The number of carbonyl (C=O) groups excluding carboxylic acids is 1. The molecule has 1 aromatic rings. The van der Waals surface area contributed by atoms with E-state index >= 15 is 0 Å². The summed E-state index contributed by atoms with van der Waals surface area (Å²) in [7, 11) is 0. The fraction of sp³-hybridized carbons (Fsp3) is 0.500. The molecule has 0 amide bonds. The minimum Gasteiger partial charge on any atom is -0.507 e. The topological polar surface area (TPSA) is 37.3 Å². The van der Waals surface area contributed by atoms with Crippen LogP contribution in [0.15, 0.2) is 12.1 Å². The molecule has 1 aromatic carbocycles. The zero-order valence-corrected chi connectivity index (χ0v) is 11.5. The van der Waals surface area contributed by atoms with Crippen LogP contribution in [0.3, 0.4) is 0 Å². The molecule has 0 spiro atoms. The summed E-state index contributed by atoms with van der Waals surface area (Å²) in [5.74, 6) is 0.788. The zero-order chi connectivity index (χ0) is 13.2. The Morgan fingerprint density at radius 2 is 1.59 bits per heavy atom. The van der Waals surface area contributed by atoms with Gasteiger partial charge in [0.05, 0.1) is 0 Å². The normalized spacial score (nSPS) is 11.2. The molecule has 0 saturated carbocycles. The molecule has 2 nitrogen and oxygen atoms in total. The summed E-state index contributed by atoms with van der Waals surface area (Å²) in [5.41, 5.74) is 2.63. The predicted molar refractivity (Wildman–Crippen MR) is 70.8 cm³/mol. The maximum absolute atomic E-state index is 11.0. The number of hydrogen-bond acceptors (Lipinski definition) is 2. The molecule has 0 fully saturated rings. The highest BCUT2D eigenvalue weighted by atomic mass is 35.5. The molecular formula is C14H19ClO2. The highest BCUT2D eigenvalue weighted by molar-refractivity contribution is 6.63. The van der Waals surface area contributed by atoms with Crippen molar-refractivity contribution in [2.75, 3.05) is 0 Å². The Morgan fingerprint density at radius 3 is 1.88 bits per heavy atom. The smallest absolute Gasteiger partial charge is 0.226 e. The lowest BCUT2D eigenvalue weighted by molar-refractivity contribution is -0.111. The third-order valence-electron chi connectivity index (χ3n) is 2.82. The quantitative estimate of drug-likeness (QED) is 0.827. The van der Waals surface area contributed by atoms with Crippen LogP contribution in [0.1, 0.15) is 56.2 Å². The van der Waals surface area contributed by atoms with Crippen molar-refractivity contribution in [3.63, 3.8) is 0 Å². The van der Waals surface area contributed by atoms with Gasteiger partial charge in [-0.3, -0.25) is 4.79 Å². The number of aromatic hydroxyl groups is 1. The first-order chi connectivity index (χ1) is 7.82. The molecule has 0 heterocycles. The highest BCUT2D eigenvalue weighted by Gasteiger charge is 2.15. The molecule has 17 heavy (non-hydrogen) atoms. The first-order valence-corrected chi connectivity index (χ1v) is 6.24. The maximum Gasteiger partial charge on any atom is 0.226 e. The Labute approximate surface area is 108 Å². The highest BCUT2D eigenvalue weighted by Crippen LogP contribution is 2.34.